The van der Waals surface area contributed by atoms with Crippen LogP contribution in [0.3, 0.4) is 0 Å². The van der Waals surface area contributed by atoms with Crippen molar-refractivity contribution in [2.75, 3.05) is 13.2 Å². The molecule has 122 valence electrons. The quantitative estimate of drug-likeness (QED) is 0.814. The molecular formula is C18H27NO3. The summed E-state index contributed by atoms with van der Waals surface area (Å²) in [7, 11) is 0. The van der Waals surface area contributed by atoms with Gasteiger partial charge in [0.1, 0.15) is 5.60 Å². The lowest BCUT2D eigenvalue weighted by Gasteiger charge is -2.27. The zero-order valence-corrected chi connectivity index (χ0v) is 14.0. The van der Waals surface area contributed by atoms with Gasteiger partial charge in [-0.15, -0.1) is 0 Å². The van der Waals surface area contributed by atoms with Crippen LogP contribution in [-0.2, 0) is 11.3 Å². The van der Waals surface area contributed by atoms with E-state index in [1.807, 2.05) is 64.1 Å². The summed E-state index contributed by atoms with van der Waals surface area (Å²) in [6, 6.07) is 9.85. The van der Waals surface area contributed by atoms with Gasteiger partial charge in [0.15, 0.2) is 0 Å². The highest BCUT2D eigenvalue weighted by molar-refractivity contribution is 5.68. The van der Waals surface area contributed by atoms with Crippen LogP contribution in [0.1, 0.15) is 39.7 Å². The Morgan fingerprint density at radius 1 is 1.27 bits per heavy atom. The Balaban J connectivity index is 2.74. The molecule has 0 fully saturated rings. The second-order valence-corrected chi connectivity index (χ2v) is 6.38. The van der Waals surface area contributed by atoms with Crippen molar-refractivity contribution in [3.63, 3.8) is 0 Å². The van der Waals surface area contributed by atoms with Crippen LogP contribution in [-0.4, -0.2) is 34.9 Å². The summed E-state index contributed by atoms with van der Waals surface area (Å²) in [6.07, 6.45) is 2.33. The maximum Gasteiger partial charge on any atom is 0.410 e. The maximum absolute atomic E-state index is 12.3. The van der Waals surface area contributed by atoms with Gasteiger partial charge in [-0.3, -0.25) is 0 Å². The van der Waals surface area contributed by atoms with Crippen LogP contribution in [0.4, 0.5) is 4.79 Å². The molecule has 0 saturated heterocycles. The number of hydrogen-bond acceptors (Lipinski definition) is 3. The van der Waals surface area contributed by atoms with Gasteiger partial charge in [-0.1, -0.05) is 42.0 Å². The number of ether oxygens (including phenoxy) is 1. The van der Waals surface area contributed by atoms with Gasteiger partial charge in [-0.05, 0) is 39.7 Å². The first-order valence-corrected chi connectivity index (χ1v) is 7.60. The molecule has 1 N–H and O–H groups in total. The van der Waals surface area contributed by atoms with E-state index >= 15 is 0 Å². The Kier molecular flexibility index (Phi) is 7.12. The van der Waals surface area contributed by atoms with Gasteiger partial charge in [-0.25, -0.2) is 4.79 Å². The van der Waals surface area contributed by atoms with Crippen molar-refractivity contribution in [3.05, 3.63) is 47.5 Å². The molecule has 1 rings (SSSR count). The third-order valence-corrected chi connectivity index (χ3v) is 3.01. The molecule has 0 aromatic heterocycles. The predicted molar refractivity (Wildman–Crippen MR) is 88.5 cm³/mol. The molecule has 0 heterocycles. The molecule has 0 atom stereocenters. The van der Waals surface area contributed by atoms with Crippen molar-refractivity contribution in [2.45, 2.75) is 46.3 Å². The summed E-state index contributed by atoms with van der Waals surface area (Å²) in [6.45, 7) is 8.58. The van der Waals surface area contributed by atoms with E-state index in [1.165, 1.54) is 0 Å². The molecule has 0 unspecified atom stereocenters. The minimum Gasteiger partial charge on any atom is -0.444 e. The SMILES string of the molecule is C/C(=C/CCN(Cc1ccccc1)C(=O)OC(C)(C)C)CO. The van der Waals surface area contributed by atoms with Gasteiger partial charge in [-0.2, -0.15) is 0 Å². The van der Waals surface area contributed by atoms with E-state index in [2.05, 4.69) is 0 Å². The first kappa shape index (κ1) is 18.2. The van der Waals surface area contributed by atoms with E-state index in [4.69, 9.17) is 9.84 Å². The zero-order chi connectivity index (χ0) is 16.6. The third-order valence-electron chi connectivity index (χ3n) is 3.01. The van der Waals surface area contributed by atoms with E-state index < -0.39 is 5.60 Å². The smallest absolute Gasteiger partial charge is 0.410 e. The summed E-state index contributed by atoms with van der Waals surface area (Å²) in [5.74, 6) is 0. The number of aliphatic hydroxyl groups is 1. The Morgan fingerprint density at radius 3 is 2.45 bits per heavy atom. The minimum atomic E-state index is -0.511. The summed E-state index contributed by atoms with van der Waals surface area (Å²) in [5, 5.41) is 9.02. The minimum absolute atomic E-state index is 0.0467. The Bertz CT molecular complexity index is 489. The van der Waals surface area contributed by atoms with E-state index in [0.29, 0.717) is 19.5 Å². The molecule has 1 amide bonds. The molecule has 0 bridgehead atoms. The number of carbonyl (C=O) groups excluding carboxylic acids is 1. The van der Waals surface area contributed by atoms with E-state index in [0.717, 1.165) is 11.1 Å². The number of benzene rings is 1. The van der Waals surface area contributed by atoms with Crippen LogP contribution in [0.2, 0.25) is 0 Å². The highest BCUT2D eigenvalue weighted by Gasteiger charge is 2.21. The van der Waals surface area contributed by atoms with Crippen LogP contribution in [0, 0.1) is 0 Å². The number of nitrogens with zero attached hydrogens (tertiary/aromatic N) is 1. The van der Waals surface area contributed by atoms with E-state index in [9.17, 15) is 4.79 Å². The van der Waals surface area contributed by atoms with Gasteiger partial charge in [0, 0.05) is 13.1 Å². The molecule has 1 aromatic rings. The lowest BCUT2D eigenvalue weighted by molar-refractivity contribution is 0.0237. The molecule has 4 heteroatoms. The van der Waals surface area contributed by atoms with Crippen molar-refractivity contribution < 1.29 is 14.6 Å². The third kappa shape index (κ3) is 7.27. The highest BCUT2D eigenvalue weighted by atomic mass is 16.6. The van der Waals surface area contributed by atoms with Crippen molar-refractivity contribution in [1.82, 2.24) is 4.90 Å². The van der Waals surface area contributed by atoms with Crippen LogP contribution in [0.15, 0.2) is 42.0 Å². The van der Waals surface area contributed by atoms with Crippen LogP contribution >= 0.6 is 0 Å². The number of aliphatic hydroxyl groups excluding tert-OH is 1. The molecule has 22 heavy (non-hydrogen) atoms. The second-order valence-electron chi connectivity index (χ2n) is 6.38. The lowest BCUT2D eigenvalue weighted by atomic mass is 10.2. The maximum atomic E-state index is 12.3. The number of rotatable bonds is 6. The van der Waals surface area contributed by atoms with Crippen LogP contribution in [0.5, 0.6) is 0 Å². The topological polar surface area (TPSA) is 49.8 Å². The monoisotopic (exact) mass is 305 g/mol. The fourth-order valence-corrected chi connectivity index (χ4v) is 1.90. The van der Waals surface area contributed by atoms with E-state index in [1.54, 1.807) is 4.90 Å². The fraction of sp³-hybridized carbons (Fsp3) is 0.500. The largest absolute Gasteiger partial charge is 0.444 e. The van der Waals surface area contributed by atoms with Crippen molar-refractivity contribution >= 4 is 6.09 Å². The van der Waals surface area contributed by atoms with Gasteiger partial charge in [0.25, 0.3) is 0 Å². The Morgan fingerprint density at radius 2 is 1.91 bits per heavy atom. The zero-order valence-electron chi connectivity index (χ0n) is 14.0. The molecule has 0 saturated carbocycles. The average Bonchev–Trinajstić information content (AvgIpc) is 2.45. The van der Waals surface area contributed by atoms with Gasteiger partial charge >= 0.3 is 6.09 Å². The number of hydrogen-bond donors (Lipinski definition) is 1. The fourth-order valence-electron chi connectivity index (χ4n) is 1.90. The standard InChI is InChI=1S/C18H27NO3/c1-15(14-20)9-8-12-19(17(21)22-18(2,3)4)13-16-10-6-5-7-11-16/h5-7,9-11,20H,8,12-14H2,1-4H3/b15-9-. The molecule has 1 aromatic carbocycles. The molecule has 0 spiro atoms. The average molecular weight is 305 g/mol. The van der Waals surface area contributed by atoms with Crippen LogP contribution < -0.4 is 0 Å². The molecule has 0 aliphatic heterocycles. The molecule has 0 aliphatic carbocycles. The Hall–Kier alpha value is -1.81. The van der Waals surface area contributed by atoms with Gasteiger partial charge in [0.05, 0.1) is 6.61 Å². The molecule has 0 radical (unpaired) electrons. The van der Waals surface area contributed by atoms with Gasteiger partial charge in [0.2, 0.25) is 0 Å². The van der Waals surface area contributed by atoms with E-state index in [-0.39, 0.29) is 12.7 Å². The number of amides is 1. The second kappa shape index (κ2) is 8.59. The lowest BCUT2D eigenvalue weighted by Crippen LogP contribution is -2.37. The predicted octanol–water partition coefficient (Wildman–Crippen LogP) is 3.75. The van der Waals surface area contributed by atoms with Crippen molar-refractivity contribution in [3.8, 4) is 0 Å². The molecular weight excluding hydrogens is 278 g/mol. The number of carbonyl (C=O) groups is 1. The molecule has 0 aliphatic rings. The summed E-state index contributed by atoms with van der Waals surface area (Å²) in [4.78, 5) is 14.0. The Labute approximate surface area is 133 Å². The van der Waals surface area contributed by atoms with Gasteiger partial charge < -0.3 is 14.7 Å². The summed E-state index contributed by atoms with van der Waals surface area (Å²) >= 11 is 0. The summed E-state index contributed by atoms with van der Waals surface area (Å²) in [5.41, 5.74) is 1.46. The van der Waals surface area contributed by atoms with Crippen molar-refractivity contribution in [2.24, 2.45) is 0 Å². The normalized spacial score (nSPS) is 12.1. The molecule has 4 nitrogen and oxygen atoms in total. The summed E-state index contributed by atoms with van der Waals surface area (Å²) < 4.78 is 5.47. The van der Waals surface area contributed by atoms with Crippen LogP contribution in [0.25, 0.3) is 0 Å². The first-order valence-electron chi connectivity index (χ1n) is 7.60. The first-order chi connectivity index (χ1) is 10.3. The van der Waals surface area contributed by atoms with Crippen molar-refractivity contribution in [1.29, 1.82) is 0 Å². The highest BCUT2D eigenvalue weighted by Crippen LogP contribution is 2.13.